The van der Waals surface area contributed by atoms with Gasteiger partial charge in [0, 0.05) is 24.7 Å². The molecule has 1 heterocycles. The first-order chi connectivity index (χ1) is 13.9. The smallest absolute Gasteiger partial charge is 0.175 e. The van der Waals surface area contributed by atoms with E-state index in [9.17, 15) is 10.1 Å². The summed E-state index contributed by atoms with van der Waals surface area (Å²) in [5.74, 6) is 3.46. The van der Waals surface area contributed by atoms with Crippen LogP contribution in [0.15, 0.2) is 34.8 Å². The van der Waals surface area contributed by atoms with Gasteiger partial charge in [-0.15, -0.1) is 6.42 Å². The predicted octanol–water partition coefficient (Wildman–Crippen LogP) is 3.43. The summed E-state index contributed by atoms with van der Waals surface area (Å²) >= 11 is 2.15. The van der Waals surface area contributed by atoms with Crippen molar-refractivity contribution < 1.29 is 14.3 Å². The highest BCUT2D eigenvalue weighted by molar-refractivity contribution is 14.1. The van der Waals surface area contributed by atoms with E-state index in [4.69, 9.17) is 21.6 Å². The average molecular weight is 503 g/mol. The number of terminal acetylenes is 1. The lowest BCUT2D eigenvalue weighted by molar-refractivity contribution is -0.116. The van der Waals surface area contributed by atoms with E-state index in [1.54, 1.807) is 4.90 Å². The molecule has 6 nitrogen and oxygen atoms in total. The summed E-state index contributed by atoms with van der Waals surface area (Å²) in [7, 11) is 1.81. The maximum atomic E-state index is 12.9. The zero-order chi connectivity index (χ0) is 21.1. The van der Waals surface area contributed by atoms with Gasteiger partial charge in [0.25, 0.3) is 0 Å². The molecule has 3 rings (SSSR count). The van der Waals surface area contributed by atoms with Gasteiger partial charge in [0.15, 0.2) is 17.3 Å². The number of ketones is 1. The van der Waals surface area contributed by atoms with Crippen molar-refractivity contribution in [1.82, 2.24) is 4.90 Å². The molecule has 1 atom stereocenters. The fourth-order valence-electron chi connectivity index (χ4n) is 3.87. The SMILES string of the molecule is C#CCOc1c(I)cc([C@H]2C(C#N)=C(N)N(C)C3=C2C(=O)CCC3)cc1OCC. The monoisotopic (exact) mass is 503 g/mol. The molecule has 0 spiro atoms. The minimum absolute atomic E-state index is 0.0592. The quantitative estimate of drug-likeness (QED) is 0.490. The van der Waals surface area contributed by atoms with Crippen LogP contribution < -0.4 is 15.2 Å². The molecule has 0 bridgehead atoms. The van der Waals surface area contributed by atoms with Crippen LogP contribution in [0.25, 0.3) is 0 Å². The van der Waals surface area contributed by atoms with Gasteiger partial charge in [-0.3, -0.25) is 4.79 Å². The summed E-state index contributed by atoms with van der Waals surface area (Å²) in [5, 5.41) is 9.87. The zero-order valence-electron chi connectivity index (χ0n) is 16.4. The van der Waals surface area contributed by atoms with Crippen molar-refractivity contribution in [3.63, 3.8) is 0 Å². The molecule has 1 aliphatic carbocycles. The Bertz CT molecular complexity index is 998. The first-order valence-corrected chi connectivity index (χ1v) is 10.4. The highest BCUT2D eigenvalue weighted by Gasteiger charge is 2.39. The minimum atomic E-state index is -0.520. The third-order valence-electron chi connectivity index (χ3n) is 5.13. The fraction of sp³-hybridized carbons (Fsp3) is 0.364. The number of Topliss-reactive ketones (excluding diaryl/α,β-unsaturated/α-hetero) is 1. The van der Waals surface area contributed by atoms with E-state index in [1.807, 2.05) is 26.1 Å². The summed E-state index contributed by atoms with van der Waals surface area (Å²) in [4.78, 5) is 14.7. The van der Waals surface area contributed by atoms with Crippen LogP contribution in [-0.4, -0.2) is 30.9 Å². The Morgan fingerprint density at radius 1 is 1.38 bits per heavy atom. The van der Waals surface area contributed by atoms with Crippen LogP contribution in [-0.2, 0) is 4.79 Å². The maximum absolute atomic E-state index is 12.9. The van der Waals surface area contributed by atoms with Crippen molar-refractivity contribution in [2.24, 2.45) is 5.73 Å². The molecule has 0 fully saturated rings. The number of nitriles is 1. The molecule has 0 radical (unpaired) electrons. The highest BCUT2D eigenvalue weighted by atomic mass is 127. The predicted molar refractivity (Wildman–Crippen MR) is 118 cm³/mol. The molecule has 0 saturated carbocycles. The molecule has 0 amide bonds. The summed E-state index contributed by atoms with van der Waals surface area (Å²) in [6, 6.07) is 5.96. The van der Waals surface area contributed by atoms with Gasteiger partial charge in [-0.05, 0) is 60.1 Å². The van der Waals surface area contributed by atoms with Gasteiger partial charge in [-0.25, -0.2) is 0 Å². The van der Waals surface area contributed by atoms with Crippen LogP contribution in [0.3, 0.4) is 0 Å². The standard InChI is InChI=1S/C22H22IN3O3/c1-4-9-29-21-15(23)10-13(11-18(21)28-5-2)19-14(12-24)22(25)26(3)16-7-6-8-17(27)20(16)19/h1,10-11,19H,5-9,25H2,2-3H3/t19-/m0/s1. The lowest BCUT2D eigenvalue weighted by Crippen LogP contribution is -2.36. The Morgan fingerprint density at radius 2 is 2.14 bits per heavy atom. The number of carbonyl (C=O) groups excluding carboxylic acids is 1. The maximum Gasteiger partial charge on any atom is 0.175 e. The van der Waals surface area contributed by atoms with Gasteiger partial charge in [-0.2, -0.15) is 5.26 Å². The van der Waals surface area contributed by atoms with Crippen LogP contribution in [0.4, 0.5) is 0 Å². The largest absolute Gasteiger partial charge is 0.490 e. The zero-order valence-corrected chi connectivity index (χ0v) is 18.6. The number of nitrogens with zero attached hydrogens (tertiary/aromatic N) is 2. The third kappa shape index (κ3) is 3.79. The number of allylic oxidation sites excluding steroid dienone is 3. The van der Waals surface area contributed by atoms with Crippen molar-refractivity contribution in [3.05, 3.63) is 43.9 Å². The molecule has 2 N–H and O–H groups in total. The molecule has 0 unspecified atom stereocenters. The second-order valence-electron chi connectivity index (χ2n) is 6.80. The first kappa shape index (κ1) is 21.1. The molecular weight excluding hydrogens is 481 g/mol. The van der Waals surface area contributed by atoms with Gasteiger partial charge >= 0.3 is 0 Å². The number of benzene rings is 1. The Balaban J connectivity index is 2.21. The Hall–Kier alpha value is -2.65. The summed E-state index contributed by atoms with van der Waals surface area (Å²) in [6.45, 7) is 2.44. The number of halogens is 1. The van der Waals surface area contributed by atoms with Crippen molar-refractivity contribution in [1.29, 1.82) is 5.26 Å². The molecule has 0 saturated heterocycles. The highest BCUT2D eigenvalue weighted by Crippen LogP contribution is 2.46. The number of rotatable bonds is 5. The van der Waals surface area contributed by atoms with E-state index in [0.717, 1.165) is 27.7 Å². The van der Waals surface area contributed by atoms with Gasteiger partial charge in [0.2, 0.25) is 0 Å². The van der Waals surface area contributed by atoms with Crippen molar-refractivity contribution >= 4 is 28.4 Å². The molecule has 7 heteroatoms. The second kappa shape index (κ2) is 8.79. The van der Waals surface area contributed by atoms with Crippen LogP contribution in [0.2, 0.25) is 0 Å². The Labute approximate surface area is 184 Å². The number of hydrogen-bond donors (Lipinski definition) is 1. The van der Waals surface area contributed by atoms with E-state index < -0.39 is 5.92 Å². The third-order valence-corrected chi connectivity index (χ3v) is 5.93. The van der Waals surface area contributed by atoms with Crippen molar-refractivity contribution in [2.75, 3.05) is 20.3 Å². The van der Waals surface area contributed by atoms with Crippen molar-refractivity contribution in [2.45, 2.75) is 32.1 Å². The number of carbonyl (C=O) groups is 1. The number of hydrogen-bond acceptors (Lipinski definition) is 6. The van der Waals surface area contributed by atoms with E-state index in [1.165, 1.54) is 0 Å². The van der Waals surface area contributed by atoms with Crippen LogP contribution >= 0.6 is 22.6 Å². The number of nitrogens with two attached hydrogens (primary N) is 1. The molecule has 1 aliphatic heterocycles. The van der Waals surface area contributed by atoms with E-state index in [0.29, 0.717) is 41.5 Å². The van der Waals surface area contributed by atoms with E-state index in [-0.39, 0.29) is 12.4 Å². The molecule has 29 heavy (non-hydrogen) atoms. The van der Waals surface area contributed by atoms with E-state index >= 15 is 0 Å². The van der Waals surface area contributed by atoms with E-state index in [2.05, 4.69) is 34.6 Å². The summed E-state index contributed by atoms with van der Waals surface area (Å²) in [6.07, 6.45) is 7.34. The van der Waals surface area contributed by atoms with Crippen LogP contribution in [0.1, 0.15) is 37.7 Å². The topological polar surface area (TPSA) is 88.6 Å². The van der Waals surface area contributed by atoms with Crippen molar-refractivity contribution in [3.8, 4) is 29.9 Å². The lowest BCUT2D eigenvalue weighted by atomic mass is 9.76. The van der Waals surface area contributed by atoms with Gasteiger partial charge in [0.1, 0.15) is 12.4 Å². The normalized spacial score (nSPS) is 18.9. The Kier molecular flexibility index (Phi) is 6.39. The summed E-state index contributed by atoms with van der Waals surface area (Å²) in [5.41, 5.74) is 9.00. The molecule has 0 aromatic heterocycles. The lowest BCUT2D eigenvalue weighted by Gasteiger charge is -2.37. The van der Waals surface area contributed by atoms with Crippen LogP contribution in [0.5, 0.6) is 11.5 Å². The summed E-state index contributed by atoms with van der Waals surface area (Å²) < 4.78 is 12.3. The van der Waals surface area contributed by atoms with Crippen LogP contribution in [0, 0.1) is 27.2 Å². The van der Waals surface area contributed by atoms with Gasteiger partial charge in [-0.1, -0.05) is 5.92 Å². The molecular formula is C22H22IN3O3. The van der Waals surface area contributed by atoms with Gasteiger partial charge < -0.3 is 20.1 Å². The molecule has 1 aromatic rings. The molecule has 150 valence electrons. The Morgan fingerprint density at radius 3 is 2.79 bits per heavy atom. The average Bonchev–Trinajstić information content (AvgIpc) is 2.70. The first-order valence-electron chi connectivity index (χ1n) is 9.36. The fourth-order valence-corrected chi connectivity index (χ4v) is 4.65. The second-order valence-corrected chi connectivity index (χ2v) is 7.96. The minimum Gasteiger partial charge on any atom is -0.490 e. The van der Waals surface area contributed by atoms with Gasteiger partial charge in [0.05, 0.1) is 27.7 Å². The molecule has 2 aliphatic rings. The number of ether oxygens (including phenoxy) is 2. The molecule has 1 aromatic carbocycles.